The van der Waals surface area contributed by atoms with E-state index in [1.165, 1.54) is 12.1 Å². The van der Waals surface area contributed by atoms with Crippen molar-refractivity contribution in [3.63, 3.8) is 0 Å². The van der Waals surface area contributed by atoms with Crippen molar-refractivity contribution in [1.82, 2.24) is 19.7 Å². The molecule has 1 saturated heterocycles. The van der Waals surface area contributed by atoms with Crippen molar-refractivity contribution in [2.75, 3.05) is 48.1 Å². The van der Waals surface area contributed by atoms with Crippen molar-refractivity contribution < 1.29 is 13.9 Å². The summed E-state index contributed by atoms with van der Waals surface area (Å²) in [4.78, 5) is 14.3. The lowest BCUT2D eigenvalue weighted by molar-refractivity contribution is 0.174. The third-order valence-electron chi connectivity index (χ3n) is 6.81. The predicted octanol–water partition coefficient (Wildman–Crippen LogP) is 4.75. The first-order valence-corrected chi connectivity index (χ1v) is 12.4. The molecule has 10 heteroatoms. The summed E-state index contributed by atoms with van der Waals surface area (Å²) < 4.78 is 26.2. The minimum Gasteiger partial charge on any atom is -0.454 e. The number of aromatic nitrogens is 4. The fraction of sp³-hybridized carbons (Fsp3) is 0.179. The van der Waals surface area contributed by atoms with Crippen LogP contribution < -0.4 is 24.6 Å². The molecule has 0 saturated carbocycles. The molecule has 38 heavy (non-hydrogen) atoms. The van der Waals surface area contributed by atoms with Crippen LogP contribution in [0.3, 0.4) is 0 Å². The highest BCUT2D eigenvalue weighted by Gasteiger charge is 2.23. The number of para-hydroxylation sites is 1. The number of rotatable bonds is 5. The molecule has 4 heterocycles. The Kier molecular flexibility index (Phi) is 5.42. The summed E-state index contributed by atoms with van der Waals surface area (Å²) in [6.07, 6.45) is 1.79. The Morgan fingerprint density at radius 1 is 0.763 bits per heavy atom. The summed E-state index contributed by atoms with van der Waals surface area (Å²) in [6.45, 7) is 3.22. The monoisotopic (exact) mass is 509 g/mol. The molecule has 1 fully saturated rings. The third kappa shape index (κ3) is 4.09. The predicted molar refractivity (Wildman–Crippen MR) is 143 cm³/mol. The van der Waals surface area contributed by atoms with E-state index >= 15 is 0 Å². The van der Waals surface area contributed by atoms with E-state index < -0.39 is 0 Å². The van der Waals surface area contributed by atoms with Gasteiger partial charge in [-0.2, -0.15) is 15.1 Å². The highest BCUT2D eigenvalue weighted by Crippen LogP contribution is 2.36. The van der Waals surface area contributed by atoms with Crippen LogP contribution in [0, 0.1) is 5.82 Å². The normalized spacial score (nSPS) is 14.8. The SMILES string of the molecule is Fc1ccc(N2CCN(c3nc(Nc4ccc5c(c4)OCO5)c4cnn(-c5ccccc5)c4n3)CC2)cc1. The van der Waals surface area contributed by atoms with Gasteiger partial charge in [-0.25, -0.2) is 9.07 Å². The second-order valence-electron chi connectivity index (χ2n) is 9.14. The molecule has 0 amide bonds. The van der Waals surface area contributed by atoms with Crippen molar-refractivity contribution in [2.24, 2.45) is 0 Å². The minimum absolute atomic E-state index is 0.217. The van der Waals surface area contributed by atoms with Gasteiger partial charge in [-0.1, -0.05) is 18.2 Å². The van der Waals surface area contributed by atoms with E-state index in [9.17, 15) is 4.39 Å². The van der Waals surface area contributed by atoms with E-state index in [4.69, 9.17) is 19.4 Å². The van der Waals surface area contributed by atoms with Crippen LogP contribution in [0.4, 0.5) is 27.5 Å². The zero-order chi connectivity index (χ0) is 25.5. The number of anilines is 4. The van der Waals surface area contributed by atoms with Crippen LogP contribution in [-0.4, -0.2) is 52.7 Å². The topological polar surface area (TPSA) is 80.6 Å². The molecular formula is C28H24FN7O2. The number of hydrogen-bond donors (Lipinski definition) is 1. The summed E-state index contributed by atoms with van der Waals surface area (Å²) >= 11 is 0. The first-order chi connectivity index (χ1) is 18.7. The summed E-state index contributed by atoms with van der Waals surface area (Å²) in [6, 6.07) is 22.3. The van der Waals surface area contributed by atoms with Crippen LogP contribution in [0.25, 0.3) is 16.7 Å². The van der Waals surface area contributed by atoms with Gasteiger partial charge >= 0.3 is 0 Å². The Hall–Kier alpha value is -4.86. The number of piperazine rings is 1. The van der Waals surface area contributed by atoms with Gasteiger partial charge in [0.25, 0.3) is 0 Å². The lowest BCUT2D eigenvalue weighted by Gasteiger charge is -2.36. The van der Waals surface area contributed by atoms with E-state index in [1.54, 1.807) is 6.20 Å². The first-order valence-electron chi connectivity index (χ1n) is 12.4. The maximum atomic E-state index is 13.4. The lowest BCUT2D eigenvalue weighted by atomic mass is 10.2. The summed E-state index contributed by atoms with van der Waals surface area (Å²) in [5.74, 6) is 2.47. The Balaban J connectivity index is 1.24. The fourth-order valence-electron chi connectivity index (χ4n) is 4.82. The van der Waals surface area contributed by atoms with Crippen LogP contribution in [0.15, 0.2) is 79.0 Å². The quantitative estimate of drug-likeness (QED) is 0.364. The van der Waals surface area contributed by atoms with Gasteiger partial charge in [0.05, 0.1) is 17.3 Å². The Morgan fingerprint density at radius 3 is 2.34 bits per heavy atom. The third-order valence-corrected chi connectivity index (χ3v) is 6.81. The van der Waals surface area contributed by atoms with Gasteiger partial charge in [0.2, 0.25) is 12.7 Å². The standard InChI is InChI=1S/C28H24FN7O2/c29-19-6-9-21(10-7-19)34-12-14-35(15-13-34)28-32-26(31-20-8-11-24-25(16-20)38-18-37-24)23-17-30-36(27(23)33-28)22-4-2-1-3-5-22/h1-11,16-17H,12-15,18H2,(H,31,32,33). The molecule has 0 unspecified atom stereocenters. The van der Waals surface area contributed by atoms with E-state index in [1.807, 2.05) is 65.3 Å². The number of hydrogen-bond acceptors (Lipinski definition) is 8. The zero-order valence-corrected chi connectivity index (χ0v) is 20.4. The second-order valence-corrected chi connectivity index (χ2v) is 9.14. The maximum Gasteiger partial charge on any atom is 0.231 e. The van der Waals surface area contributed by atoms with Crippen molar-refractivity contribution in [2.45, 2.75) is 0 Å². The molecule has 9 nitrogen and oxygen atoms in total. The Morgan fingerprint density at radius 2 is 1.53 bits per heavy atom. The van der Waals surface area contributed by atoms with Gasteiger partial charge < -0.3 is 24.6 Å². The molecule has 0 radical (unpaired) electrons. The van der Waals surface area contributed by atoms with Gasteiger partial charge in [-0.05, 0) is 48.5 Å². The molecule has 2 aromatic heterocycles. The molecule has 2 aliphatic rings. The van der Waals surface area contributed by atoms with E-state index in [0.29, 0.717) is 23.2 Å². The summed E-state index contributed by atoms with van der Waals surface area (Å²) in [5, 5.41) is 8.90. The van der Waals surface area contributed by atoms with Gasteiger partial charge in [0.15, 0.2) is 17.1 Å². The number of benzene rings is 3. The van der Waals surface area contributed by atoms with Crippen LogP contribution in [-0.2, 0) is 0 Å². The van der Waals surface area contributed by atoms with Crippen LogP contribution >= 0.6 is 0 Å². The minimum atomic E-state index is -0.230. The summed E-state index contributed by atoms with van der Waals surface area (Å²) in [7, 11) is 0. The van der Waals surface area contributed by atoms with E-state index in [0.717, 1.165) is 54.4 Å². The van der Waals surface area contributed by atoms with Crippen LogP contribution in [0.1, 0.15) is 0 Å². The van der Waals surface area contributed by atoms with Gasteiger partial charge in [0, 0.05) is 43.6 Å². The molecule has 7 rings (SSSR count). The average molecular weight is 510 g/mol. The van der Waals surface area contributed by atoms with Crippen molar-refractivity contribution in [3.05, 3.63) is 84.8 Å². The number of nitrogens with one attached hydrogen (secondary N) is 1. The molecule has 0 atom stereocenters. The number of ether oxygens (including phenoxy) is 2. The molecule has 190 valence electrons. The molecular weight excluding hydrogens is 485 g/mol. The molecule has 5 aromatic rings. The van der Waals surface area contributed by atoms with Gasteiger partial charge in [-0.15, -0.1) is 0 Å². The first kappa shape index (κ1) is 22.3. The largest absolute Gasteiger partial charge is 0.454 e. The molecule has 0 aliphatic carbocycles. The number of halogens is 1. The smallest absolute Gasteiger partial charge is 0.231 e. The Bertz CT molecular complexity index is 1600. The van der Waals surface area contributed by atoms with Gasteiger partial charge in [-0.3, -0.25) is 0 Å². The molecule has 0 bridgehead atoms. The number of nitrogens with zero attached hydrogens (tertiary/aromatic N) is 6. The van der Waals surface area contributed by atoms with Crippen LogP contribution in [0.2, 0.25) is 0 Å². The molecule has 0 spiro atoms. The highest BCUT2D eigenvalue weighted by molar-refractivity contribution is 5.90. The zero-order valence-electron chi connectivity index (χ0n) is 20.4. The molecule has 3 aromatic carbocycles. The van der Waals surface area contributed by atoms with Crippen LogP contribution in [0.5, 0.6) is 11.5 Å². The van der Waals surface area contributed by atoms with Crippen molar-refractivity contribution >= 4 is 34.2 Å². The van der Waals surface area contributed by atoms with Gasteiger partial charge in [0.1, 0.15) is 11.6 Å². The maximum absolute atomic E-state index is 13.4. The van der Waals surface area contributed by atoms with Crippen molar-refractivity contribution in [3.8, 4) is 17.2 Å². The van der Waals surface area contributed by atoms with E-state index in [-0.39, 0.29) is 12.6 Å². The fourth-order valence-corrected chi connectivity index (χ4v) is 4.82. The van der Waals surface area contributed by atoms with Crippen molar-refractivity contribution in [1.29, 1.82) is 0 Å². The molecule has 1 N–H and O–H groups in total. The van der Waals surface area contributed by atoms with E-state index in [2.05, 4.69) is 20.2 Å². The lowest BCUT2D eigenvalue weighted by Crippen LogP contribution is -2.47. The average Bonchev–Trinajstić information content (AvgIpc) is 3.61. The second kappa shape index (κ2) is 9.22. The molecule has 2 aliphatic heterocycles. The summed E-state index contributed by atoms with van der Waals surface area (Å²) in [5.41, 5.74) is 3.47. The number of fused-ring (bicyclic) bond motifs is 2. The Labute approximate surface area is 218 Å². The highest BCUT2D eigenvalue weighted by atomic mass is 19.1.